The predicted octanol–water partition coefficient (Wildman–Crippen LogP) is 1.50. The lowest BCUT2D eigenvalue weighted by molar-refractivity contribution is -0.148. The minimum atomic E-state index is -0.782. The molecule has 0 saturated carbocycles. The number of halogens is 1. The smallest absolute Gasteiger partial charge is 0.348 e. The van der Waals surface area contributed by atoms with Crippen molar-refractivity contribution >= 4 is 11.7 Å². The minimum Gasteiger partial charge on any atom is -0.475 e. The van der Waals surface area contributed by atoms with Gasteiger partial charge in [-0.3, -0.25) is 4.68 Å². The van der Waals surface area contributed by atoms with Crippen LogP contribution in [0.3, 0.4) is 0 Å². The Hall–Kier alpha value is -2.57. The van der Waals surface area contributed by atoms with Crippen molar-refractivity contribution in [2.45, 2.75) is 12.6 Å². The molecule has 1 atom stereocenters. The van der Waals surface area contributed by atoms with Crippen LogP contribution in [0.2, 0.25) is 0 Å². The summed E-state index contributed by atoms with van der Waals surface area (Å²) in [7, 11) is 3.14. The molecule has 0 amide bonds. The fourth-order valence-electron chi connectivity index (χ4n) is 2.51. The van der Waals surface area contributed by atoms with Crippen LogP contribution in [0.25, 0.3) is 0 Å². The van der Waals surface area contributed by atoms with Crippen molar-refractivity contribution in [2.75, 3.05) is 18.6 Å². The number of esters is 1. The molecular weight excluding hydrogens is 289 g/mol. The molecule has 2 heterocycles. The lowest BCUT2D eigenvalue weighted by Crippen LogP contribution is -2.44. The van der Waals surface area contributed by atoms with Crippen LogP contribution < -0.4 is 9.64 Å². The number of carbonyl (C=O) groups excluding carboxylic acids is 1. The molecule has 1 aliphatic heterocycles. The third-order valence-corrected chi connectivity index (χ3v) is 3.51. The Balaban J connectivity index is 1.91. The fourth-order valence-corrected chi connectivity index (χ4v) is 2.51. The number of methoxy groups -OCH3 is 1. The summed E-state index contributed by atoms with van der Waals surface area (Å²) >= 11 is 0. The summed E-state index contributed by atoms with van der Waals surface area (Å²) in [6, 6.07) is 4.30. The van der Waals surface area contributed by atoms with Crippen molar-refractivity contribution in [1.82, 2.24) is 9.78 Å². The van der Waals surface area contributed by atoms with Gasteiger partial charge in [-0.25, -0.2) is 9.18 Å². The van der Waals surface area contributed by atoms with E-state index in [4.69, 9.17) is 9.47 Å². The molecule has 1 aliphatic rings. The molecule has 0 saturated heterocycles. The molecule has 0 radical (unpaired) electrons. The second-order valence-electron chi connectivity index (χ2n) is 5.14. The monoisotopic (exact) mass is 305 g/mol. The Bertz CT molecular complexity index is 701. The Morgan fingerprint density at radius 3 is 3.05 bits per heavy atom. The van der Waals surface area contributed by atoms with Gasteiger partial charge in [0.15, 0.2) is 0 Å². The molecule has 1 aromatic carbocycles. The van der Waals surface area contributed by atoms with E-state index in [0.717, 1.165) is 11.3 Å². The van der Waals surface area contributed by atoms with Gasteiger partial charge in [0.25, 0.3) is 0 Å². The van der Waals surface area contributed by atoms with Crippen LogP contribution in [0, 0.1) is 5.82 Å². The first-order chi connectivity index (χ1) is 10.6. The summed E-state index contributed by atoms with van der Waals surface area (Å²) in [6.07, 6.45) is 2.87. The van der Waals surface area contributed by atoms with Crippen LogP contribution >= 0.6 is 0 Å². The number of hydrogen-bond acceptors (Lipinski definition) is 5. The maximum atomic E-state index is 13.4. The summed E-state index contributed by atoms with van der Waals surface area (Å²) < 4.78 is 25.4. The van der Waals surface area contributed by atoms with Gasteiger partial charge in [-0.1, -0.05) is 0 Å². The highest BCUT2D eigenvalue weighted by molar-refractivity contribution is 5.78. The lowest BCUT2D eigenvalue weighted by Gasteiger charge is -2.34. The molecule has 3 rings (SSSR count). The van der Waals surface area contributed by atoms with Crippen LogP contribution in [0.4, 0.5) is 10.1 Å². The van der Waals surface area contributed by atoms with Gasteiger partial charge >= 0.3 is 5.97 Å². The van der Waals surface area contributed by atoms with E-state index in [2.05, 4.69) is 5.10 Å². The zero-order valence-electron chi connectivity index (χ0n) is 12.3. The number of fused-ring (bicyclic) bond motifs is 1. The van der Waals surface area contributed by atoms with Gasteiger partial charge in [-0.05, 0) is 12.1 Å². The van der Waals surface area contributed by atoms with E-state index < -0.39 is 17.9 Å². The van der Waals surface area contributed by atoms with Crippen LogP contribution in [0.5, 0.6) is 5.75 Å². The summed E-state index contributed by atoms with van der Waals surface area (Å²) in [6.45, 7) is 0.878. The van der Waals surface area contributed by atoms with Crippen LogP contribution in [0.1, 0.15) is 5.56 Å². The molecule has 0 bridgehead atoms. The summed E-state index contributed by atoms with van der Waals surface area (Å²) in [4.78, 5) is 13.7. The zero-order chi connectivity index (χ0) is 15.7. The summed E-state index contributed by atoms with van der Waals surface area (Å²) in [5.74, 6) is -0.553. The number of anilines is 1. The number of hydrogen-bond donors (Lipinski definition) is 0. The van der Waals surface area contributed by atoms with Gasteiger partial charge in [-0.2, -0.15) is 5.10 Å². The van der Waals surface area contributed by atoms with Gasteiger partial charge in [0.2, 0.25) is 6.10 Å². The van der Waals surface area contributed by atoms with Crippen molar-refractivity contribution in [3.8, 4) is 5.75 Å². The van der Waals surface area contributed by atoms with E-state index in [1.807, 2.05) is 18.1 Å². The zero-order valence-corrected chi connectivity index (χ0v) is 12.3. The van der Waals surface area contributed by atoms with Gasteiger partial charge in [-0.15, -0.1) is 0 Å². The summed E-state index contributed by atoms with van der Waals surface area (Å²) in [5, 5.41) is 4.13. The number of aromatic nitrogens is 2. The van der Waals surface area contributed by atoms with Gasteiger partial charge < -0.3 is 14.4 Å². The van der Waals surface area contributed by atoms with Crippen molar-refractivity contribution in [3.63, 3.8) is 0 Å². The average Bonchev–Trinajstić information content (AvgIpc) is 2.91. The highest BCUT2D eigenvalue weighted by Gasteiger charge is 2.31. The Morgan fingerprint density at radius 2 is 2.36 bits per heavy atom. The molecule has 0 fully saturated rings. The van der Waals surface area contributed by atoms with E-state index in [0.29, 0.717) is 18.8 Å². The number of carbonyl (C=O) groups is 1. The molecule has 0 spiro atoms. The van der Waals surface area contributed by atoms with Gasteiger partial charge in [0.05, 0.1) is 25.5 Å². The number of aryl methyl sites for hydroxylation is 1. The van der Waals surface area contributed by atoms with Crippen LogP contribution in [0.15, 0.2) is 30.6 Å². The fraction of sp³-hybridized carbons (Fsp3) is 0.333. The summed E-state index contributed by atoms with van der Waals surface area (Å²) in [5.41, 5.74) is 1.73. The van der Waals surface area contributed by atoms with E-state index >= 15 is 0 Å². The average molecular weight is 305 g/mol. The Labute approximate surface area is 127 Å². The van der Waals surface area contributed by atoms with Crippen molar-refractivity contribution < 1.29 is 18.7 Å². The molecule has 0 N–H and O–H groups in total. The second kappa shape index (κ2) is 5.67. The maximum Gasteiger partial charge on any atom is 0.348 e. The van der Waals surface area contributed by atoms with E-state index in [1.54, 1.807) is 16.9 Å². The Kier molecular flexibility index (Phi) is 3.70. The molecule has 2 aromatic rings. The maximum absolute atomic E-state index is 13.4. The number of nitrogens with zero attached hydrogens (tertiary/aromatic N) is 3. The first-order valence-corrected chi connectivity index (χ1v) is 6.83. The molecule has 22 heavy (non-hydrogen) atoms. The first kappa shape index (κ1) is 14.4. The van der Waals surface area contributed by atoms with Crippen molar-refractivity contribution in [2.24, 2.45) is 7.05 Å². The molecule has 0 aliphatic carbocycles. The normalized spacial score (nSPS) is 16.9. The third-order valence-electron chi connectivity index (χ3n) is 3.51. The van der Waals surface area contributed by atoms with Crippen molar-refractivity contribution in [1.29, 1.82) is 0 Å². The molecule has 7 heteroatoms. The third kappa shape index (κ3) is 2.74. The highest BCUT2D eigenvalue weighted by Crippen LogP contribution is 2.35. The van der Waals surface area contributed by atoms with Gasteiger partial charge in [0.1, 0.15) is 11.6 Å². The molecule has 116 valence electrons. The van der Waals surface area contributed by atoms with Crippen LogP contribution in [-0.2, 0) is 23.1 Å². The molecular formula is C15H16FN3O3. The molecule has 0 unspecified atom stereocenters. The van der Waals surface area contributed by atoms with Crippen LogP contribution in [-0.4, -0.2) is 35.5 Å². The van der Waals surface area contributed by atoms with Gasteiger partial charge in [0, 0.05) is 31.4 Å². The van der Waals surface area contributed by atoms with E-state index in [9.17, 15) is 9.18 Å². The predicted molar refractivity (Wildman–Crippen MR) is 77.1 cm³/mol. The molecule has 6 nitrogen and oxygen atoms in total. The lowest BCUT2D eigenvalue weighted by atomic mass is 10.1. The quantitative estimate of drug-likeness (QED) is 0.804. The molecule has 1 aromatic heterocycles. The van der Waals surface area contributed by atoms with E-state index in [1.165, 1.54) is 19.2 Å². The SMILES string of the molecule is COC(=O)[C@@H]1CN(Cc2cnn(C)c2)c2ccc(F)cc2O1. The second-order valence-corrected chi connectivity index (χ2v) is 5.14. The highest BCUT2D eigenvalue weighted by atomic mass is 19.1. The number of ether oxygens (including phenoxy) is 2. The topological polar surface area (TPSA) is 56.6 Å². The minimum absolute atomic E-state index is 0.334. The standard InChI is InChI=1S/C15H16FN3O3/c1-18-7-10(6-17-18)8-19-9-14(15(20)21-2)22-13-5-11(16)3-4-12(13)19/h3-7,14H,8-9H2,1-2H3/t14-/m0/s1. The van der Waals surface area contributed by atoms with Crippen molar-refractivity contribution in [3.05, 3.63) is 42.0 Å². The Morgan fingerprint density at radius 1 is 1.55 bits per heavy atom. The first-order valence-electron chi connectivity index (χ1n) is 6.83. The number of rotatable bonds is 3. The van der Waals surface area contributed by atoms with E-state index in [-0.39, 0.29) is 0 Å². The largest absolute Gasteiger partial charge is 0.475 e. The number of benzene rings is 1.